The first kappa shape index (κ1) is 6.17. The normalized spacial score (nSPS) is 9.00. The number of nitrogens with one attached hydrogen (secondary N) is 1. The summed E-state index contributed by atoms with van der Waals surface area (Å²) in [5, 5.41) is 0. The number of halogens is 1. The van der Waals surface area contributed by atoms with Gasteiger partial charge in [0.05, 0.1) is 11.9 Å². The lowest BCUT2D eigenvalue weighted by Gasteiger charge is -1.89. The third-order valence-corrected chi connectivity index (χ3v) is 0.410. The minimum Gasteiger partial charge on any atom is -0.329 e. The number of hydrogen-bond donors (Lipinski definition) is 2. The Kier molecular flexibility index (Phi) is 5.32. The van der Waals surface area contributed by atoms with Gasteiger partial charge in [-0.2, -0.15) is 9.87 Å². The molecule has 38 valence electrons. The molecule has 0 aromatic heterocycles. The summed E-state index contributed by atoms with van der Waals surface area (Å²) in [6.45, 7) is 1.12. The Hall–Kier alpha value is 0.170. The van der Waals surface area contributed by atoms with Gasteiger partial charge in [0.1, 0.15) is 0 Å². The second-order valence-corrected chi connectivity index (χ2v) is 0.914. The summed E-state index contributed by atoms with van der Waals surface area (Å²) < 4.78 is 3.92. The maximum Gasteiger partial charge on any atom is 0.0837 e. The van der Waals surface area contributed by atoms with Crippen molar-refractivity contribution in [2.24, 2.45) is 5.73 Å². The third kappa shape index (κ3) is 4.17. The molecule has 6 heavy (non-hydrogen) atoms. The van der Waals surface area contributed by atoms with Crippen LogP contribution in [0.5, 0.6) is 0 Å². The van der Waals surface area contributed by atoms with Gasteiger partial charge in [-0.1, -0.05) is 0 Å². The van der Waals surface area contributed by atoms with E-state index in [1.165, 1.54) is 0 Å². The maximum atomic E-state index is 5.01. The maximum absolute atomic E-state index is 5.01. The minimum absolute atomic E-state index is 0.534. The molecule has 0 unspecified atom stereocenters. The molecule has 0 saturated carbocycles. The SMILES string of the molecule is NCCNOCl. The average molecular weight is 111 g/mol. The molecule has 3 N–H and O–H groups in total. The molecule has 0 saturated heterocycles. The first-order valence-electron chi connectivity index (χ1n) is 1.62. The molecule has 0 heterocycles. The van der Waals surface area contributed by atoms with Gasteiger partial charge in [0.25, 0.3) is 0 Å². The molecule has 0 fully saturated rings. The molecule has 4 heteroatoms. The number of nitrogens with two attached hydrogens (primary N) is 1. The topological polar surface area (TPSA) is 47.3 Å². The molecule has 0 amide bonds. The van der Waals surface area contributed by atoms with E-state index in [1.807, 2.05) is 0 Å². The lowest BCUT2D eigenvalue weighted by Crippen LogP contribution is -2.19. The molecule has 0 rings (SSSR count). The second kappa shape index (κ2) is 5.17. The van der Waals surface area contributed by atoms with Crippen molar-refractivity contribution in [1.82, 2.24) is 5.48 Å². The fourth-order valence-electron chi connectivity index (χ4n) is 0.0975. The van der Waals surface area contributed by atoms with Crippen LogP contribution in [0.15, 0.2) is 0 Å². The Morgan fingerprint density at radius 2 is 2.50 bits per heavy atom. The summed E-state index contributed by atoms with van der Waals surface area (Å²) in [6.07, 6.45) is 0. The van der Waals surface area contributed by atoms with Gasteiger partial charge in [-0.05, 0) is 0 Å². The van der Waals surface area contributed by atoms with E-state index in [4.69, 9.17) is 17.6 Å². The zero-order valence-electron chi connectivity index (χ0n) is 3.28. The highest BCUT2D eigenvalue weighted by atomic mass is 35.5. The van der Waals surface area contributed by atoms with Gasteiger partial charge < -0.3 is 5.73 Å². The van der Waals surface area contributed by atoms with E-state index < -0.39 is 0 Å². The van der Waals surface area contributed by atoms with E-state index in [0.717, 1.165) is 0 Å². The van der Waals surface area contributed by atoms with Crippen LogP contribution in [0.4, 0.5) is 0 Å². The lowest BCUT2D eigenvalue weighted by molar-refractivity contribution is 0.223. The predicted octanol–water partition coefficient (Wildman–Crippen LogP) is -0.380. The fraction of sp³-hybridized carbons (Fsp3) is 1.00. The molecule has 0 radical (unpaired) electrons. The molecule has 0 aliphatic rings. The largest absolute Gasteiger partial charge is 0.329 e. The van der Waals surface area contributed by atoms with E-state index in [2.05, 4.69) is 9.87 Å². The molecular formula is C2H7ClN2O. The summed E-state index contributed by atoms with van der Waals surface area (Å²) in [6, 6.07) is 0. The highest BCUT2D eigenvalue weighted by Crippen LogP contribution is 1.65. The molecule has 0 atom stereocenters. The Morgan fingerprint density at radius 3 is 2.67 bits per heavy atom. The van der Waals surface area contributed by atoms with Crippen molar-refractivity contribution < 1.29 is 4.39 Å². The van der Waals surface area contributed by atoms with Gasteiger partial charge in [-0.15, -0.1) is 0 Å². The number of hydrogen-bond acceptors (Lipinski definition) is 3. The van der Waals surface area contributed by atoms with Crippen LogP contribution in [0.2, 0.25) is 0 Å². The van der Waals surface area contributed by atoms with Gasteiger partial charge in [0.2, 0.25) is 0 Å². The summed E-state index contributed by atoms with van der Waals surface area (Å²) in [7, 11) is 0. The van der Waals surface area contributed by atoms with Crippen molar-refractivity contribution in [2.45, 2.75) is 0 Å². The van der Waals surface area contributed by atoms with Gasteiger partial charge in [0.15, 0.2) is 0 Å². The first-order chi connectivity index (χ1) is 2.91. The molecular weight excluding hydrogens is 103 g/mol. The zero-order valence-corrected chi connectivity index (χ0v) is 4.03. The van der Waals surface area contributed by atoms with E-state index >= 15 is 0 Å². The monoisotopic (exact) mass is 110 g/mol. The molecule has 0 aliphatic carbocycles. The smallest absolute Gasteiger partial charge is 0.0837 e. The summed E-state index contributed by atoms with van der Waals surface area (Å²) in [5.41, 5.74) is 7.35. The van der Waals surface area contributed by atoms with E-state index in [9.17, 15) is 0 Å². The minimum atomic E-state index is 0.534. The Labute approximate surface area is 41.5 Å². The van der Waals surface area contributed by atoms with Crippen LogP contribution in [-0.2, 0) is 4.39 Å². The van der Waals surface area contributed by atoms with Crippen molar-refractivity contribution in [1.29, 1.82) is 0 Å². The Bertz CT molecular complexity index is 23.5. The van der Waals surface area contributed by atoms with Gasteiger partial charge in [-0.25, -0.2) is 0 Å². The van der Waals surface area contributed by atoms with Crippen LogP contribution in [0.25, 0.3) is 0 Å². The van der Waals surface area contributed by atoms with Crippen molar-refractivity contribution in [3.63, 3.8) is 0 Å². The first-order valence-corrected chi connectivity index (χ1v) is 1.93. The van der Waals surface area contributed by atoms with Crippen LogP contribution < -0.4 is 11.2 Å². The van der Waals surface area contributed by atoms with Gasteiger partial charge >= 0.3 is 0 Å². The van der Waals surface area contributed by atoms with E-state index in [-0.39, 0.29) is 0 Å². The van der Waals surface area contributed by atoms with Crippen LogP contribution in [0.3, 0.4) is 0 Å². The molecule has 0 aromatic rings. The summed E-state index contributed by atoms with van der Waals surface area (Å²) in [4.78, 5) is 0. The second-order valence-electron chi connectivity index (χ2n) is 0.760. The Balaban J connectivity index is 2.34. The lowest BCUT2D eigenvalue weighted by atomic mass is 10.7. The quantitative estimate of drug-likeness (QED) is 0.385. The summed E-state index contributed by atoms with van der Waals surface area (Å²) in [5.74, 6) is 0. The van der Waals surface area contributed by atoms with Gasteiger partial charge in [0, 0.05) is 13.1 Å². The van der Waals surface area contributed by atoms with Crippen LogP contribution >= 0.6 is 11.9 Å². The molecule has 0 aromatic carbocycles. The van der Waals surface area contributed by atoms with Crippen LogP contribution in [0, 0.1) is 0 Å². The standard InChI is InChI=1S/C2H7ClN2O/c3-6-5-2-1-4/h5H,1-2,4H2. The molecule has 0 spiro atoms. The molecule has 0 aliphatic heterocycles. The number of hydroxylamine groups is 1. The highest BCUT2D eigenvalue weighted by Gasteiger charge is 1.73. The zero-order chi connectivity index (χ0) is 4.83. The van der Waals surface area contributed by atoms with Gasteiger partial charge in [-0.3, -0.25) is 0 Å². The number of rotatable bonds is 3. The van der Waals surface area contributed by atoms with Crippen molar-refractivity contribution in [3.8, 4) is 0 Å². The van der Waals surface area contributed by atoms with Crippen LogP contribution in [-0.4, -0.2) is 13.1 Å². The van der Waals surface area contributed by atoms with Crippen molar-refractivity contribution >= 4 is 11.9 Å². The van der Waals surface area contributed by atoms with E-state index in [0.29, 0.717) is 13.1 Å². The Morgan fingerprint density at radius 1 is 1.83 bits per heavy atom. The fourth-order valence-corrected chi connectivity index (χ4v) is 0.175. The van der Waals surface area contributed by atoms with Crippen LogP contribution in [0.1, 0.15) is 0 Å². The third-order valence-electron chi connectivity index (χ3n) is 0.301. The predicted molar refractivity (Wildman–Crippen MR) is 24.0 cm³/mol. The molecule has 0 bridgehead atoms. The average Bonchev–Trinajstić information content (AvgIpc) is 1.61. The highest BCUT2D eigenvalue weighted by molar-refractivity contribution is 6.07. The van der Waals surface area contributed by atoms with E-state index in [1.54, 1.807) is 0 Å². The summed E-state index contributed by atoms with van der Waals surface area (Å²) >= 11 is 4.71. The van der Waals surface area contributed by atoms with Crippen molar-refractivity contribution in [2.75, 3.05) is 13.1 Å². The molecule has 3 nitrogen and oxygen atoms in total. The van der Waals surface area contributed by atoms with Crippen molar-refractivity contribution in [3.05, 3.63) is 0 Å².